The molecule has 0 saturated heterocycles. The van der Waals surface area contributed by atoms with Gasteiger partial charge in [-0.15, -0.1) is 0 Å². The minimum atomic E-state index is -3.02. The van der Waals surface area contributed by atoms with E-state index in [1.54, 1.807) is 19.1 Å². The first-order valence-electron chi connectivity index (χ1n) is 13.9. The van der Waals surface area contributed by atoms with Crippen LogP contribution in [0, 0.1) is 11.8 Å². The van der Waals surface area contributed by atoms with E-state index in [-0.39, 0.29) is 17.7 Å². The van der Waals surface area contributed by atoms with Crippen molar-refractivity contribution in [3.05, 3.63) is 76.1 Å². The largest absolute Gasteiger partial charge is 0.508 e. The van der Waals surface area contributed by atoms with Crippen LogP contribution in [0.2, 0.25) is 0 Å². The predicted octanol–water partition coefficient (Wildman–Crippen LogP) is 0.00430. The van der Waals surface area contributed by atoms with Gasteiger partial charge >= 0.3 is 0 Å². The Labute approximate surface area is 252 Å². The molecule has 0 aliphatic heterocycles. The summed E-state index contributed by atoms with van der Waals surface area (Å²) in [5.74, 6) is -10.6. The number of nitrogens with zero attached hydrogens (tertiary/aromatic N) is 1. The predicted molar refractivity (Wildman–Crippen MR) is 157 cm³/mol. The number of amides is 2. The van der Waals surface area contributed by atoms with Crippen LogP contribution >= 0.6 is 0 Å². The summed E-state index contributed by atoms with van der Waals surface area (Å²) in [7, 11) is 2.87. The summed E-state index contributed by atoms with van der Waals surface area (Å²) in [6.45, 7) is 1.62. The third-order valence-electron chi connectivity index (χ3n) is 9.02. The molecule has 3 aliphatic rings. The van der Waals surface area contributed by atoms with Crippen molar-refractivity contribution < 1.29 is 44.7 Å². The van der Waals surface area contributed by atoms with E-state index in [4.69, 9.17) is 11.5 Å². The van der Waals surface area contributed by atoms with Crippen molar-refractivity contribution in [3.63, 3.8) is 0 Å². The third kappa shape index (κ3) is 4.39. The smallest absolute Gasteiger partial charge is 0.255 e. The first-order chi connectivity index (χ1) is 20.6. The Bertz CT molecular complexity index is 1650. The molecule has 0 heterocycles. The number of carbonyl (C=O) groups is 4. The highest BCUT2D eigenvalue weighted by Gasteiger charge is 2.68. The number of hydrogen-bond donors (Lipinski definition) is 8. The molecule has 2 aromatic rings. The standard InChI is InChI=1S/C31H34N4O9/c1-12-14-9-10-16(34-30(43)15(32)11-13-7-5-4-6-8-13)23(36)18(14)24(37)19-17(12)25(38)21-22(35(2)3)26(39)20(29(33)42)28(41)31(21,44)27(19)40/h4-10,12,15,17,21-22,25,36-38,41,44H,11,32H2,1-3H3,(H2,33,42)(H,34,43)/t12?,15-,17?,21?,22+,25?,31?/m1/s1. The van der Waals surface area contributed by atoms with Crippen molar-refractivity contribution in [1.82, 2.24) is 4.90 Å². The number of hydrogen-bond acceptors (Lipinski definition) is 11. The molecule has 3 aliphatic carbocycles. The summed E-state index contributed by atoms with van der Waals surface area (Å²) in [5.41, 5.74) is 7.63. The second-order valence-electron chi connectivity index (χ2n) is 11.8. The van der Waals surface area contributed by atoms with Crippen molar-refractivity contribution in [2.75, 3.05) is 19.4 Å². The molecule has 0 bridgehead atoms. The number of primary amides is 1. The van der Waals surface area contributed by atoms with Gasteiger partial charge in [0.05, 0.1) is 35.4 Å². The number of benzene rings is 2. The number of phenolic OH excluding ortho intramolecular Hbond substituents is 1. The number of Topliss-reactive ketones (excluding diaryl/α,β-unsaturated/α-hetero) is 2. The van der Waals surface area contributed by atoms with E-state index in [1.165, 1.54) is 31.1 Å². The Morgan fingerprint density at radius 1 is 1.07 bits per heavy atom. The number of aliphatic hydroxyl groups is 4. The fraction of sp³-hybridized carbons (Fsp3) is 0.355. The lowest BCUT2D eigenvalue weighted by Gasteiger charge is -2.53. The number of fused-ring (bicyclic) bond motifs is 3. The average Bonchev–Trinajstić information content (AvgIpc) is 2.96. The van der Waals surface area contributed by atoms with E-state index in [2.05, 4.69) is 5.32 Å². The van der Waals surface area contributed by atoms with Crippen LogP contribution in [0.1, 0.15) is 29.5 Å². The third-order valence-corrected chi connectivity index (χ3v) is 9.02. The van der Waals surface area contributed by atoms with Crippen molar-refractivity contribution >= 4 is 34.8 Å². The van der Waals surface area contributed by atoms with Gasteiger partial charge in [-0.25, -0.2) is 0 Å². The summed E-state index contributed by atoms with van der Waals surface area (Å²) in [5, 5.41) is 59.7. The molecule has 0 aromatic heterocycles. The van der Waals surface area contributed by atoms with Crippen LogP contribution in [-0.4, -0.2) is 91.7 Å². The second-order valence-corrected chi connectivity index (χ2v) is 11.8. The molecule has 1 fully saturated rings. The molecule has 10 N–H and O–H groups in total. The van der Waals surface area contributed by atoms with Gasteiger partial charge in [0.1, 0.15) is 22.8 Å². The molecule has 5 rings (SSSR count). The Morgan fingerprint density at radius 2 is 1.70 bits per heavy atom. The molecule has 0 radical (unpaired) electrons. The molecule has 0 spiro atoms. The first-order valence-corrected chi connectivity index (χ1v) is 13.9. The molecule has 7 atom stereocenters. The van der Waals surface area contributed by atoms with Crippen molar-refractivity contribution in [2.24, 2.45) is 23.3 Å². The summed E-state index contributed by atoms with van der Waals surface area (Å²) in [6, 6.07) is 9.51. The Morgan fingerprint density at radius 3 is 2.30 bits per heavy atom. The van der Waals surface area contributed by atoms with Gasteiger partial charge in [0.15, 0.2) is 11.4 Å². The number of carbonyl (C=O) groups excluding carboxylic acids is 4. The van der Waals surface area contributed by atoms with Crippen molar-refractivity contribution in [3.8, 4) is 5.75 Å². The van der Waals surface area contributed by atoms with Crippen LogP contribution in [0.5, 0.6) is 5.75 Å². The lowest BCUT2D eigenvalue weighted by molar-refractivity contribution is -0.169. The van der Waals surface area contributed by atoms with E-state index in [0.717, 1.165) is 5.56 Å². The number of phenols is 1. The van der Waals surface area contributed by atoms with Crippen LogP contribution in [0.25, 0.3) is 5.76 Å². The van der Waals surface area contributed by atoms with E-state index in [9.17, 15) is 44.7 Å². The van der Waals surface area contributed by atoms with Crippen LogP contribution in [0.15, 0.2) is 59.4 Å². The number of nitrogens with two attached hydrogens (primary N) is 2. The molecule has 2 aromatic carbocycles. The maximum atomic E-state index is 14.1. The van der Waals surface area contributed by atoms with E-state index in [1.807, 2.05) is 18.2 Å². The van der Waals surface area contributed by atoms with Gasteiger partial charge in [0.2, 0.25) is 11.7 Å². The molecule has 13 heteroatoms. The monoisotopic (exact) mass is 606 g/mol. The fourth-order valence-electron chi connectivity index (χ4n) is 6.90. The number of nitrogens with one attached hydrogen (secondary N) is 1. The number of anilines is 1. The summed E-state index contributed by atoms with van der Waals surface area (Å²) >= 11 is 0. The van der Waals surface area contributed by atoms with Gasteiger partial charge in [-0.1, -0.05) is 43.3 Å². The van der Waals surface area contributed by atoms with E-state index < -0.39 is 93.3 Å². The lowest BCUT2D eigenvalue weighted by atomic mass is 9.54. The van der Waals surface area contributed by atoms with E-state index in [0.29, 0.717) is 5.56 Å². The molecule has 1 saturated carbocycles. The highest BCUT2D eigenvalue weighted by atomic mass is 16.4. The fourth-order valence-corrected chi connectivity index (χ4v) is 6.90. The number of ketones is 2. The molecule has 13 nitrogen and oxygen atoms in total. The highest BCUT2D eigenvalue weighted by Crippen LogP contribution is 2.56. The van der Waals surface area contributed by atoms with Gasteiger partial charge in [-0.3, -0.25) is 24.1 Å². The minimum Gasteiger partial charge on any atom is -0.508 e. The Hall–Kier alpha value is -4.56. The molecule has 232 valence electrons. The quantitative estimate of drug-likeness (QED) is 0.161. The molecule has 44 heavy (non-hydrogen) atoms. The van der Waals surface area contributed by atoms with E-state index >= 15 is 0 Å². The lowest BCUT2D eigenvalue weighted by Crippen LogP contribution is -2.70. The topological polar surface area (TPSA) is 237 Å². The average molecular weight is 607 g/mol. The van der Waals surface area contributed by atoms with Gasteiger partial charge < -0.3 is 42.3 Å². The number of aliphatic hydroxyl groups excluding tert-OH is 3. The van der Waals surface area contributed by atoms with Crippen LogP contribution < -0.4 is 16.8 Å². The summed E-state index contributed by atoms with van der Waals surface area (Å²) in [4.78, 5) is 53.7. The van der Waals surface area contributed by atoms with Crippen LogP contribution in [0.3, 0.4) is 0 Å². The molecular formula is C31H34N4O9. The zero-order valence-corrected chi connectivity index (χ0v) is 24.2. The van der Waals surface area contributed by atoms with Gasteiger partial charge in [0.25, 0.3) is 5.91 Å². The minimum absolute atomic E-state index is 0.120. The maximum Gasteiger partial charge on any atom is 0.255 e. The zero-order valence-electron chi connectivity index (χ0n) is 24.2. The number of aromatic hydroxyl groups is 1. The normalized spacial score (nSPS) is 28.8. The van der Waals surface area contributed by atoms with Gasteiger partial charge in [0, 0.05) is 11.5 Å². The van der Waals surface area contributed by atoms with Gasteiger partial charge in [-0.2, -0.15) is 0 Å². The number of likely N-dealkylation sites (N-methyl/N-ethyl adjacent to an activating group) is 1. The van der Waals surface area contributed by atoms with Gasteiger partial charge in [-0.05, 0) is 43.6 Å². The SMILES string of the molecule is CC1c2ccc(NC(=O)[C@H](N)Cc3ccccc3)c(O)c2C(O)=C2C(=O)C3(O)C(O)=C(C(N)=O)C(=O)[C@@H](N(C)C)C3C(O)C21. The summed E-state index contributed by atoms with van der Waals surface area (Å²) < 4.78 is 0. The highest BCUT2D eigenvalue weighted by molar-refractivity contribution is 6.24. The van der Waals surface area contributed by atoms with Crippen molar-refractivity contribution in [2.45, 2.75) is 43.1 Å². The molecular weight excluding hydrogens is 572 g/mol. The first kappa shape index (κ1) is 30.9. The summed E-state index contributed by atoms with van der Waals surface area (Å²) in [6.07, 6.45) is -1.50. The van der Waals surface area contributed by atoms with Crippen LogP contribution in [0.4, 0.5) is 5.69 Å². The Balaban J connectivity index is 1.60. The molecule has 2 amide bonds. The Kier molecular flexibility index (Phi) is 7.62. The zero-order chi connectivity index (χ0) is 32.4. The van der Waals surface area contributed by atoms with Crippen LogP contribution in [-0.2, 0) is 25.6 Å². The molecule has 5 unspecified atom stereocenters. The maximum absolute atomic E-state index is 14.1. The second kappa shape index (κ2) is 10.9. The van der Waals surface area contributed by atoms with Crippen molar-refractivity contribution in [1.29, 1.82) is 0 Å². The number of rotatable bonds is 6.